The van der Waals surface area contributed by atoms with Gasteiger partial charge in [-0.1, -0.05) is 0 Å². The molecule has 0 amide bonds. The monoisotopic (exact) mass is 268 g/mol. The van der Waals surface area contributed by atoms with Gasteiger partial charge in [0.05, 0.1) is 4.90 Å². The van der Waals surface area contributed by atoms with Crippen LogP contribution in [0.4, 0.5) is 5.69 Å². The zero-order valence-electron chi connectivity index (χ0n) is 11.0. The number of hydrogen-bond donors (Lipinski definition) is 2. The molecule has 18 heavy (non-hydrogen) atoms. The third-order valence-corrected chi connectivity index (χ3v) is 4.57. The van der Waals surface area contributed by atoms with E-state index in [9.17, 15) is 8.42 Å². The third-order valence-electron chi connectivity index (χ3n) is 3.68. The molecule has 0 bridgehead atoms. The van der Waals surface area contributed by atoms with Crippen molar-refractivity contribution in [1.29, 1.82) is 0 Å². The van der Waals surface area contributed by atoms with Gasteiger partial charge in [-0.3, -0.25) is 0 Å². The highest BCUT2D eigenvalue weighted by atomic mass is 32.2. The van der Waals surface area contributed by atoms with E-state index >= 15 is 0 Å². The van der Waals surface area contributed by atoms with Crippen molar-refractivity contribution in [1.82, 2.24) is 0 Å². The van der Waals surface area contributed by atoms with Crippen LogP contribution in [0.15, 0.2) is 17.0 Å². The average molecular weight is 268 g/mol. The standard InChI is InChI=1S/C13H20N2O2S/c1-8-6-12(18(14,16)17)7-13(9(8)2)15-10(3)11-4-5-11/h6-7,10-11,15H,4-5H2,1-3H3,(H2,14,16,17). The summed E-state index contributed by atoms with van der Waals surface area (Å²) in [5, 5.41) is 8.60. The molecule has 4 nitrogen and oxygen atoms in total. The van der Waals surface area contributed by atoms with Crippen LogP contribution in [0.2, 0.25) is 0 Å². The van der Waals surface area contributed by atoms with Crippen LogP contribution in [0.25, 0.3) is 0 Å². The molecule has 1 saturated carbocycles. The maximum atomic E-state index is 11.4. The van der Waals surface area contributed by atoms with E-state index in [-0.39, 0.29) is 4.90 Å². The summed E-state index contributed by atoms with van der Waals surface area (Å²) < 4.78 is 22.9. The van der Waals surface area contributed by atoms with Gasteiger partial charge >= 0.3 is 0 Å². The summed E-state index contributed by atoms with van der Waals surface area (Å²) in [6.45, 7) is 6.03. The van der Waals surface area contributed by atoms with Crippen LogP contribution in [0.1, 0.15) is 30.9 Å². The normalized spacial score (nSPS) is 17.6. The second kappa shape index (κ2) is 4.55. The third kappa shape index (κ3) is 2.84. The van der Waals surface area contributed by atoms with Gasteiger partial charge in [0.15, 0.2) is 0 Å². The molecule has 0 aromatic heterocycles. The maximum absolute atomic E-state index is 11.4. The molecule has 0 spiro atoms. The van der Waals surface area contributed by atoms with E-state index < -0.39 is 10.0 Å². The molecule has 0 saturated heterocycles. The number of primary sulfonamides is 1. The van der Waals surface area contributed by atoms with Crippen molar-refractivity contribution in [2.24, 2.45) is 11.1 Å². The van der Waals surface area contributed by atoms with Crippen molar-refractivity contribution in [3.63, 3.8) is 0 Å². The van der Waals surface area contributed by atoms with Crippen LogP contribution in [0.5, 0.6) is 0 Å². The van der Waals surface area contributed by atoms with Gasteiger partial charge in [0.25, 0.3) is 0 Å². The van der Waals surface area contributed by atoms with Gasteiger partial charge in [-0.2, -0.15) is 0 Å². The molecule has 1 unspecified atom stereocenters. The number of sulfonamides is 1. The fourth-order valence-corrected chi connectivity index (χ4v) is 2.72. The number of rotatable bonds is 4. The topological polar surface area (TPSA) is 72.2 Å². The van der Waals surface area contributed by atoms with Gasteiger partial charge in [0, 0.05) is 11.7 Å². The molecule has 1 aromatic rings. The van der Waals surface area contributed by atoms with Crippen LogP contribution in [0, 0.1) is 19.8 Å². The fourth-order valence-electron chi connectivity index (χ4n) is 2.10. The second-order valence-electron chi connectivity index (χ2n) is 5.23. The van der Waals surface area contributed by atoms with Crippen LogP contribution in [-0.2, 0) is 10.0 Å². The summed E-state index contributed by atoms with van der Waals surface area (Å²) in [5.74, 6) is 0.711. The van der Waals surface area contributed by atoms with Crippen LogP contribution >= 0.6 is 0 Å². The molecule has 100 valence electrons. The first-order valence-electron chi connectivity index (χ1n) is 6.19. The number of nitrogens with one attached hydrogen (secondary N) is 1. The lowest BCUT2D eigenvalue weighted by Crippen LogP contribution is -2.19. The quantitative estimate of drug-likeness (QED) is 0.879. The van der Waals surface area contributed by atoms with Crippen molar-refractivity contribution in [2.75, 3.05) is 5.32 Å². The first kappa shape index (κ1) is 13.4. The molecule has 3 N–H and O–H groups in total. The van der Waals surface area contributed by atoms with Crippen LogP contribution in [-0.4, -0.2) is 14.5 Å². The molecular weight excluding hydrogens is 248 g/mol. The van der Waals surface area contributed by atoms with Crippen molar-refractivity contribution in [3.05, 3.63) is 23.3 Å². The molecule has 0 radical (unpaired) electrons. The molecule has 2 rings (SSSR count). The molecule has 1 aromatic carbocycles. The molecule has 1 aliphatic carbocycles. The Labute approximate surface area is 109 Å². The first-order chi connectivity index (χ1) is 8.29. The Morgan fingerprint density at radius 1 is 1.33 bits per heavy atom. The SMILES string of the molecule is Cc1cc(S(N)(=O)=O)cc(NC(C)C2CC2)c1C. The number of benzene rings is 1. The van der Waals surface area contributed by atoms with E-state index in [4.69, 9.17) is 5.14 Å². The number of hydrogen-bond acceptors (Lipinski definition) is 3. The highest BCUT2D eigenvalue weighted by Gasteiger charge is 2.28. The van der Waals surface area contributed by atoms with E-state index in [2.05, 4.69) is 12.2 Å². The minimum atomic E-state index is -3.64. The summed E-state index contributed by atoms with van der Waals surface area (Å²) in [7, 11) is -3.64. The lowest BCUT2D eigenvalue weighted by molar-refractivity contribution is 0.597. The summed E-state index contributed by atoms with van der Waals surface area (Å²) in [4.78, 5) is 0.177. The van der Waals surface area contributed by atoms with Crippen LogP contribution in [0.3, 0.4) is 0 Å². The van der Waals surface area contributed by atoms with Crippen molar-refractivity contribution >= 4 is 15.7 Å². The minimum Gasteiger partial charge on any atom is -0.382 e. The Morgan fingerprint density at radius 2 is 1.94 bits per heavy atom. The molecule has 1 fully saturated rings. The van der Waals surface area contributed by atoms with Gasteiger partial charge in [0.1, 0.15) is 0 Å². The van der Waals surface area contributed by atoms with Crippen LogP contribution < -0.4 is 10.5 Å². The van der Waals surface area contributed by atoms with Gasteiger partial charge in [0.2, 0.25) is 10.0 Å². The minimum absolute atomic E-state index is 0.177. The van der Waals surface area contributed by atoms with Gasteiger partial charge in [-0.05, 0) is 62.8 Å². The largest absolute Gasteiger partial charge is 0.382 e. The maximum Gasteiger partial charge on any atom is 0.238 e. The lowest BCUT2D eigenvalue weighted by atomic mass is 10.1. The molecule has 0 heterocycles. The van der Waals surface area contributed by atoms with Gasteiger partial charge in [-0.25, -0.2) is 13.6 Å². The highest BCUT2D eigenvalue weighted by Crippen LogP contribution is 2.35. The number of anilines is 1. The van der Waals surface area contributed by atoms with E-state index in [1.807, 2.05) is 13.8 Å². The average Bonchev–Trinajstić information content (AvgIpc) is 3.06. The molecule has 0 aliphatic heterocycles. The predicted molar refractivity (Wildman–Crippen MR) is 73.1 cm³/mol. The first-order valence-corrected chi connectivity index (χ1v) is 7.74. The Balaban J connectivity index is 2.36. The summed E-state index contributed by atoms with van der Waals surface area (Å²) in [5.41, 5.74) is 2.89. The fraction of sp³-hybridized carbons (Fsp3) is 0.538. The summed E-state index contributed by atoms with van der Waals surface area (Å²) in [6.07, 6.45) is 2.50. The van der Waals surface area contributed by atoms with E-state index in [0.717, 1.165) is 16.8 Å². The smallest absolute Gasteiger partial charge is 0.238 e. The van der Waals surface area contributed by atoms with E-state index in [1.165, 1.54) is 12.8 Å². The molecule has 5 heteroatoms. The number of aryl methyl sites for hydroxylation is 1. The van der Waals surface area contributed by atoms with Crippen molar-refractivity contribution in [2.45, 2.75) is 44.6 Å². The van der Waals surface area contributed by atoms with E-state index in [1.54, 1.807) is 12.1 Å². The predicted octanol–water partition coefficient (Wildman–Crippen LogP) is 2.16. The Morgan fingerprint density at radius 3 is 2.44 bits per heavy atom. The van der Waals surface area contributed by atoms with Gasteiger partial charge in [-0.15, -0.1) is 0 Å². The summed E-state index contributed by atoms with van der Waals surface area (Å²) in [6, 6.07) is 3.63. The Bertz CT molecular complexity index is 563. The lowest BCUT2D eigenvalue weighted by Gasteiger charge is -2.18. The molecule has 1 atom stereocenters. The Kier molecular flexibility index (Phi) is 3.38. The van der Waals surface area contributed by atoms with Crippen molar-refractivity contribution < 1.29 is 8.42 Å². The van der Waals surface area contributed by atoms with E-state index in [0.29, 0.717) is 12.0 Å². The van der Waals surface area contributed by atoms with Crippen molar-refractivity contribution in [3.8, 4) is 0 Å². The van der Waals surface area contributed by atoms with Gasteiger partial charge < -0.3 is 5.32 Å². The summed E-state index contributed by atoms with van der Waals surface area (Å²) >= 11 is 0. The molecular formula is C13H20N2O2S. The second-order valence-corrected chi connectivity index (χ2v) is 6.79. The Hall–Kier alpha value is -1.07. The number of nitrogens with two attached hydrogens (primary N) is 1. The molecule has 1 aliphatic rings. The zero-order valence-corrected chi connectivity index (χ0v) is 11.8. The zero-order chi connectivity index (χ0) is 13.5. The highest BCUT2D eigenvalue weighted by molar-refractivity contribution is 7.89.